The number of rotatable bonds is 3. The molecule has 0 bridgehead atoms. The standard InChI is InChI=1S/C10H10BF4O2.K/c12-10-5-7(17-8-3-4-16-6-8)1-2-9(10)11(13,14)15;/h1-2,5,8H,3-4,6H2;/q-1;+1. The zero-order valence-electron chi connectivity index (χ0n) is 9.84. The molecule has 2 nitrogen and oxygen atoms in total. The molecule has 2 rings (SSSR count). The van der Waals surface area contributed by atoms with E-state index in [0.717, 1.165) is 12.1 Å². The molecule has 0 amide bonds. The van der Waals surface area contributed by atoms with Gasteiger partial charge in [-0.15, -0.1) is 0 Å². The van der Waals surface area contributed by atoms with E-state index in [1.54, 1.807) is 0 Å². The SMILES string of the molecule is Fc1cc(OC2CCOC2)ccc1[B-](F)(F)F.[K+]. The number of hydrogen-bond donors (Lipinski definition) is 0. The molecule has 94 valence electrons. The Hall–Kier alpha value is 0.401. The molecule has 0 aromatic heterocycles. The average Bonchev–Trinajstić information content (AvgIpc) is 2.68. The van der Waals surface area contributed by atoms with Crippen LogP contribution in [0.3, 0.4) is 0 Å². The van der Waals surface area contributed by atoms with Gasteiger partial charge in [-0.05, 0) is 6.07 Å². The van der Waals surface area contributed by atoms with Gasteiger partial charge in [-0.3, -0.25) is 0 Å². The molecule has 0 spiro atoms. The largest absolute Gasteiger partial charge is 1.00 e. The van der Waals surface area contributed by atoms with Crippen molar-refractivity contribution in [3.8, 4) is 5.75 Å². The summed E-state index contributed by atoms with van der Waals surface area (Å²) in [4.78, 5) is 0. The van der Waals surface area contributed by atoms with Crippen molar-refractivity contribution in [1.29, 1.82) is 0 Å². The zero-order chi connectivity index (χ0) is 12.5. The Morgan fingerprint density at radius 3 is 2.50 bits per heavy atom. The van der Waals surface area contributed by atoms with E-state index in [0.29, 0.717) is 25.7 Å². The van der Waals surface area contributed by atoms with E-state index in [-0.39, 0.29) is 63.2 Å². The molecule has 0 N–H and O–H groups in total. The van der Waals surface area contributed by atoms with Crippen LogP contribution in [0, 0.1) is 5.82 Å². The van der Waals surface area contributed by atoms with Crippen molar-refractivity contribution in [3.05, 3.63) is 24.0 Å². The molecule has 1 aromatic rings. The second-order valence-corrected chi connectivity index (χ2v) is 3.86. The Bertz CT molecular complexity index is 407. The van der Waals surface area contributed by atoms with Gasteiger partial charge in [-0.25, -0.2) is 4.39 Å². The van der Waals surface area contributed by atoms with Gasteiger partial charge in [0.1, 0.15) is 11.9 Å². The molecule has 1 aromatic carbocycles. The Kier molecular flexibility index (Phi) is 6.14. The van der Waals surface area contributed by atoms with Gasteiger partial charge < -0.3 is 22.4 Å². The van der Waals surface area contributed by atoms with Crippen molar-refractivity contribution >= 4 is 12.4 Å². The third kappa shape index (κ3) is 4.21. The Balaban J connectivity index is 0.00000162. The summed E-state index contributed by atoms with van der Waals surface area (Å²) in [6, 6.07) is 2.61. The van der Waals surface area contributed by atoms with Crippen LogP contribution in [0.5, 0.6) is 5.75 Å². The van der Waals surface area contributed by atoms with E-state index < -0.39 is 18.3 Å². The van der Waals surface area contributed by atoms with Gasteiger partial charge in [-0.1, -0.05) is 11.5 Å². The summed E-state index contributed by atoms with van der Waals surface area (Å²) < 4.78 is 60.6. The van der Waals surface area contributed by atoms with Crippen molar-refractivity contribution < 1.29 is 78.2 Å². The molecular formula is C10H10BF4KO2. The first kappa shape index (κ1) is 16.5. The first-order valence-electron chi connectivity index (χ1n) is 5.20. The van der Waals surface area contributed by atoms with E-state index >= 15 is 0 Å². The summed E-state index contributed by atoms with van der Waals surface area (Å²) >= 11 is 0. The number of hydrogen-bond acceptors (Lipinski definition) is 2. The van der Waals surface area contributed by atoms with E-state index in [1.165, 1.54) is 0 Å². The molecule has 8 heteroatoms. The van der Waals surface area contributed by atoms with Gasteiger partial charge in [0.15, 0.2) is 0 Å². The van der Waals surface area contributed by atoms with Crippen LogP contribution in [0.2, 0.25) is 0 Å². The molecule has 1 saturated heterocycles. The van der Waals surface area contributed by atoms with Gasteiger partial charge in [0.2, 0.25) is 0 Å². The number of benzene rings is 1. The molecule has 18 heavy (non-hydrogen) atoms. The summed E-state index contributed by atoms with van der Waals surface area (Å²) in [6.07, 6.45) is 0.448. The van der Waals surface area contributed by atoms with Crippen molar-refractivity contribution in [2.75, 3.05) is 13.2 Å². The predicted molar refractivity (Wildman–Crippen MR) is 55.0 cm³/mol. The minimum absolute atomic E-state index is 0. The van der Waals surface area contributed by atoms with Crippen molar-refractivity contribution in [1.82, 2.24) is 0 Å². The molecule has 1 aliphatic rings. The van der Waals surface area contributed by atoms with E-state index in [4.69, 9.17) is 9.47 Å². The molecule has 0 saturated carbocycles. The quantitative estimate of drug-likeness (QED) is 0.527. The average molecular weight is 288 g/mol. The molecule has 1 heterocycles. The molecule has 1 aliphatic heterocycles. The fourth-order valence-corrected chi connectivity index (χ4v) is 1.64. The van der Waals surface area contributed by atoms with Crippen LogP contribution < -0.4 is 61.6 Å². The fourth-order valence-electron chi connectivity index (χ4n) is 1.64. The molecular weight excluding hydrogens is 278 g/mol. The zero-order valence-corrected chi connectivity index (χ0v) is 13.0. The minimum Gasteiger partial charge on any atom is -0.488 e. The van der Waals surface area contributed by atoms with E-state index in [9.17, 15) is 17.3 Å². The van der Waals surface area contributed by atoms with Crippen LogP contribution in [-0.4, -0.2) is 26.3 Å². The van der Waals surface area contributed by atoms with Gasteiger partial charge >= 0.3 is 58.4 Å². The van der Waals surface area contributed by atoms with Crippen molar-refractivity contribution in [2.24, 2.45) is 0 Å². The number of halogens is 4. The van der Waals surface area contributed by atoms with E-state index in [1.807, 2.05) is 0 Å². The minimum atomic E-state index is -5.32. The second kappa shape index (κ2) is 6.72. The predicted octanol–water partition coefficient (Wildman–Crippen LogP) is -0.948. The maximum Gasteiger partial charge on any atom is 1.00 e. The van der Waals surface area contributed by atoms with Gasteiger partial charge in [0.25, 0.3) is 0 Å². The third-order valence-electron chi connectivity index (χ3n) is 2.52. The summed E-state index contributed by atoms with van der Waals surface area (Å²) in [7, 11) is 0. The van der Waals surface area contributed by atoms with Gasteiger partial charge in [0, 0.05) is 12.5 Å². The summed E-state index contributed by atoms with van der Waals surface area (Å²) in [5.74, 6) is -1.20. The van der Waals surface area contributed by atoms with Crippen LogP contribution in [0.1, 0.15) is 6.42 Å². The molecule has 1 unspecified atom stereocenters. The molecule has 1 fully saturated rings. The first-order chi connectivity index (χ1) is 7.97. The Morgan fingerprint density at radius 1 is 1.28 bits per heavy atom. The third-order valence-corrected chi connectivity index (χ3v) is 2.52. The summed E-state index contributed by atoms with van der Waals surface area (Å²) in [5, 5.41) is 0. The first-order valence-corrected chi connectivity index (χ1v) is 5.20. The van der Waals surface area contributed by atoms with Crippen LogP contribution in [0.25, 0.3) is 0 Å². The summed E-state index contributed by atoms with van der Waals surface area (Å²) in [5.41, 5.74) is -1.22. The molecule has 0 radical (unpaired) electrons. The van der Waals surface area contributed by atoms with Crippen LogP contribution >= 0.6 is 0 Å². The Labute approximate surface area is 145 Å². The topological polar surface area (TPSA) is 18.5 Å². The summed E-state index contributed by atoms with van der Waals surface area (Å²) in [6.45, 7) is -4.39. The van der Waals surface area contributed by atoms with Crippen molar-refractivity contribution in [2.45, 2.75) is 12.5 Å². The second-order valence-electron chi connectivity index (χ2n) is 3.86. The monoisotopic (exact) mass is 288 g/mol. The maximum atomic E-state index is 13.2. The van der Waals surface area contributed by atoms with Crippen molar-refractivity contribution in [3.63, 3.8) is 0 Å². The smallest absolute Gasteiger partial charge is 0.488 e. The normalized spacial score (nSPS) is 19.4. The van der Waals surface area contributed by atoms with E-state index in [2.05, 4.69) is 0 Å². The van der Waals surface area contributed by atoms with Gasteiger partial charge in [-0.2, -0.15) is 0 Å². The van der Waals surface area contributed by atoms with Crippen LogP contribution in [-0.2, 0) is 4.74 Å². The number of ether oxygens (including phenoxy) is 2. The Morgan fingerprint density at radius 2 is 2.00 bits per heavy atom. The molecule has 0 aliphatic carbocycles. The van der Waals surface area contributed by atoms with Gasteiger partial charge in [0.05, 0.1) is 19.0 Å². The van der Waals surface area contributed by atoms with Crippen LogP contribution in [0.4, 0.5) is 17.3 Å². The fraction of sp³-hybridized carbons (Fsp3) is 0.400. The van der Waals surface area contributed by atoms with Crippen LogP contribution in [0.15, 0.2) is 18.2 Å². The maximum absolute atomic E-state index is 13.2. The molecule has 1 atom stereocenters.